The van der Waals surface area contributed by atoms with Crippen LogP contribution in [0.3, 0.4) is 0 Å². The van der Waals surface area contributed by atoms with E-state index in [4.69, 9.17) is 4.74 Å². The Hall–Kier alpha value is -3.87. The van der Waals surface area contributed by atoms with E-state index in [9.17, 15) is 34.6 Å². The molecule has 2 aromatic rings. The minimum Gasteiger partial charge on any atom is -0.459 e. The fraction of sp³-hybridized carbons (Fsp3) is 0.409. The first-order valence-corrected chi connectivity index (χ1v) is 11.5. The number of anilines is 1. The van der Waals surface area contributed by atoms with E-state index in [1.807, 2.05) is 0 Å². The topological polar surface area (TPSA) is 162 Å². The lowest BCUT2D eigenvalue weighted by atomic mass is 10.1. The van der Waals surface area contributed by atoms with Crippen molar-refractivity contribution in [2.75, 3.05) is 18.4 Å². The van der Waals surface area contributed by atoms with Crippen molar-refractivity contribution in [3.8, 4) is 0 Å². The number of carbonyl (C=O) groups excluding carboxylic acids is 3. The molecule has 0 atom stereocenters. The van der Waals surface area contributed by atoms with E-state index in [0.717, 1.165) is 23.5 Å². The summed E-state index contributed by atoms with van der Waals surface area (Å²) < 4.78 is 5.28. The van der Waals surface area contributed by atoms with E-state index >= 15 is 0 Å². The van der Waals surface area contributed by atoms with Gasteiger partial charge in [-0.25, -0.2) is 4.79 Å². The Balaban J connectivity index is 2.61. The van der Waals surface area contributed by atoms with Crippen molar-refractivity contribution in [3.63, 3.8) is 0 Å². The smallest absolute Gasteiger partial charge is 0.341 e. The highest BCUT2D eigenvalue weighted by molar-refractivity contribution is 7.18. The van der Waals surface area contributed by atoms with Crippen LogP contribution < -0.4 is 5.32 Å². The Morgan fingerprint density at radius 2 is 1.54 bits per heavy atom. The van der Waals surface area contributed by atoms with Crippen LogP contribution in [0.1, 0.15) is 69.2 Å². The lowest BCUT2D eigenvalue weighted by Crippen LogP contribution is -2.30. The van der Waals surface area contributed by atoms with Crippen LogP contribution in [0.5, 0.6) is 0 Å². The minimum absolute atomic E-state index is 0.000428. The van der Waals surface area contributed by atoms with E-state index in [1.54, 1.807) is 39.5 Å². The molecule has 2 rings (SSSR count). The molecule has 1 heterocycles. The molecule has 12 nitrogen and oxygen atoms in total. The first-order chi connectivity index (χ1) is 16.3. The van der Waals surface area contributed by atoms with Crippen LogP contribution in [0, 0.1) is 34.1 Å². The zero-order chi connectivity index (χ0) is 26.6. The fourth-order valence-corrected chi connectivity index (χ4v) is 4.51. The van der Waals surface area contributed by atoms with Crippen molar-refractivity contribution in [3.05, 3.63) is 59.5 Å². The molecule has 1 aromatic carbocycles. The summed E-state index contributed by atoms with van der Waals surface area (Å²) in [7, 11) is 0. The summed E-state index contributed by atoms with van der Waals surface area (Å²) in [5.74, 6) is -2.01. The predicted molar refractivity (Wildman–Crippen MR) is 129 cm³/mol. The number of nitrogens with one attached hydrogen (secondary N) is 1. The van der Waals surface area contributed by atoms with E-state index in [-0.39, 0.29) is 32.5 Å². The number of thiophene rings is 1. The van der Waals surface area contributed by atoms with Gasteiger partial charge < -0.3 is 15.0 Å². The predicted octanol–water partition coefficient (Wildman–Crippen LogP) is 4.48. The first kappa shape index (κ1) is 27.4. The average Bonchev–Trinajstić information content (AvgIpc) is 3.09. The third kappa shape index (κ3) is 5.80. The zero-order valence-corrected chi connectivity index (χ0v) is 21.0. The molecule has 0 fully saturated rings. The van der Waals surface area contributed by atoms with Gasteiger partial charge in [0, 0.05) is 25.2 Å². The molecule has 0 aliphatic heterocycles. The van der Waals surface area contributed by atoms with Crippen LogP contribution in [0.4, 0.5) is 16.4 Å². The molecule has 0 aliphatic carbocycles. The van der Waals surface area contributed by atoms with Gasteiger partial charge in [0.2, 0.25) is 0 Å². The highest BCUT2D eigenvalue weighted by atomic mass is 32.1. The van der Waals surface area contributed by atoms with Crippen molar-refractivity contribution in [1.82, 2.24) is 4.90 Å². The van der Waals surface area contributed by atoms with Gasteiger partial charge in [0.05, 0.1) is 32.0 Å². The monoisotopic (exact) mass is 506 g/mol. The Bertz CT molecular complexity index is 1170. The summed E-state index contributed by atoms with van der Waals surface area (Å²) >= 11 is 0.864. The van der Waals surface area contributed by atoms with Crippen molar-refractivity contribution in [2.45, 2.75) is 47.6 Å². The maximum absolute atomic E-state index is 13.0. The maximum Gasteiger partial charge on any atom is 0.341 e. The molecule has 0 radical (unpaired) electrons. The van der Waals surface area contributed by atoms with E-state index < -0.39 is 39.2 Å². The molecule has 35 heavy (non-hydrogen) atoms. The van der Waals surface area contributed by atoms with Crippen molar-refractivity contribution in [2.24, 2.45) is 0 Å². The van der Waals surface area contributed by atoms with Crippen molar-refractivity contribution >= 4 is 45.5 Å². The van der Waals surface area contributed by atoms with Crippen LogP contribution in [0.25, 0.3) is 0 Å². The fourth-order valence-electron chi connectivity index (χ4n) is 3.35. The highest BCUT2D eigenvalue weighted by Gasteiger charge is 2.30. The number of nitrogens with zero attached hydrogens (tertiary/aromatic N) is 3. The molecule has 0 bridgehead atoms. The number of nitro benzene ring substituents is 2. The molecule has 2 amide bonds. The van der Waals surface area contributed by atoms with E-state index in [0.29, 0.717) is 18.7 Å². The van der Waals surface area contributed by atoms with Crippen LogP contribution >= 0.6 is 11.3 Å². The standard InChI is InChI=1S/C22H26N4O8S/c1-7-24(8-2)21(28)18-13(6)17(22(29)34-11(3)4)20(35-18)23-19(27)14-9-15(25(30)31)12(5)16(10-14)26(32)33/h9-11H,7-8H2,1-6H3,(H,23,27). The lowest BCUT2D eigenvalue weighted by Gasteiger charge is -2.18. The molecule has 0 unspecified atom stereocenters. The summed E-state index contributed by atoms with van der Waals surface area (Å²) in [6.07, 6.45) is -0.477. The van der Waals surface area contributed by atoms with Crippen LogP contribution in [0.15, 0.2) is 12.1 Å². The van der Waals surface area contributed by atoms with Crippen LogP contribution in [-0.2, 0) is 4.74 Å². The first-order valence-electron chi connectivity index (χ1n) is 10.7. The third-order valence-electron chi connectivity index (χ3n) is 5.17. The summed E-state index contributed by atoms with van der Waals surface area (Å²) in [5, 5.41) is 25.2. The number of esters is 1. The molecule has 0 saturated heterocycles. The van der Waals surface area contributed by atoms with Gasteiger partial charge in [-0.05, 0) is 47.1 Å². The highest BCUT2D eigenvalue weighted by Crippen LogP contribution is 2.36. The van der Waals surface area contributed by atoms with Gasteiger partial charge in [-0.2, -0.15) is 0 Å². The minimum atomic E-state index is -0.919. The van der Waals surface area contributed by atoms with Gasteiger partial charge in [0.15, 0.2) is 0 Å². The zero-order valence-electron chi connectivity index (χ0n) is 20.2. The lowest BCUT2D eigenvalue weighted by molar-refractivity contribution is -0.395. The van der Waals surface area contributed by atoms with Gasteiger partial charge in [-0.3, -0.25) is 29.8 Å². The summed E-state index contributed by atoms with van der Waals surface area (Å²) in [5.41, 5.74) is -1.44. The Morgan fingerprint density at radius 3 is 1.97 bits per heavy atom. The molecule has 13 heteroatoms. The second-order valence-corrected chi connectivity index (χ2v) is 8.82. The second kappa shape index (κ2) is 11.0. The normalized spacial score (nSPS) is 10.7. The number of carbonyl (C=O) groups is 3. The number of nitro groups is 2. The van der Waals surface area contributed by atoms with Crippen molar-refractivity contribution < 1.29 is 29.0 Å². The number of hydrogen-bond donors (Lipinski definition) is 1. The SMILES string of the molecule is CCN(CC)C(=O)c1sc(NC(=O)c2cc([N+](=O)[O-])c(C)c([N+](=O)[O-])c2)c(C(=O)OC(C)C)c1C. The molecule has 1 aromatic heterocycles. The van der Waals surface area contributed by atoms with Gasteiger partial charge in [0.25, 0.3) is 23.2 Å². The second-order valence-electron chi connectivity index (χ2n) is 7.80. The Labute approximate surface area is 205 Å². The average molecular weight is 507 g/mol. The van der Waals surface area contributed by atoms with Gasteiger partial charge in [0.1, 0.15) is 10.6 Å². The summed E-state index contributed by atoms with van der Waals surface area (Å²) in [6.45, 7) is 10.5. The number of benzene rings is 1. The third-order valence-corrected chi connectivity index (χ3v) is 6.37. The van der Waals surface area contributed by atoms with E-state index in [2.05, 4.69) is 5.32 Å². The van der Waals surface area contributed by atoms with Crippen molar-refractivity contribution in [1.29, 1.82) is 0 Å². The molecule has 0 aliphatic rings. The number of amides is 2. The largest absolute Gasteiger partial charge is 0.459 e. The number of hydrogen-bond acceptors (Lipinski definition) is 9. The quantitative estimate of drug-likeness (QED) is 0.296. The summed E-state index contributed by atoms with van der Waals surface area (Å²) in [6, 6.07) is 1.85. The molecular formula is C22H26N4O8S. The molecule has 1 N–H and O–H groups in total. The van der Waals surface area contributed by atoms with Gasteiger partial charge in [-0.1, -0.05) is 0 Å². The van der Waals surface area contributed by atoms with E-state index in [1.165, 1.54) is 6.92 Å². The van der Waals surface area contributed by atoms with Gasteiger partial charge >= 0.3 is 5.97 Å². The number of ether oxygens (including phenoxy) is 1. The van der Waals surface area contributed by atoms with Crippen LogP contribution in [-0.4, -0.2) is 51.7 Å². The molecule has 188 valence electrons. The molecule has 0 spiro atoms. The Kier molecular flexibility index (Phi) is 8.63. The summed E-state index contributed by atoms with van der Waals surface area (Å²) in [4.78, 5) is 61.7. The molecular weight excluding hydrogens is 480 g/mol. The maximum atomic E-state index is 13.0. The van der Waals surface area contributed by atoms with Crippen LogP contribution in [0.2, 0.25) is 0 Å². The Morgan fingerprint density at radius 1 is 1.03 bits per heavy atom. The number of rotatable bonds is 9. The van der Waals surface area contributed by atoms with Gasteiger partial charge in [-0.15, -0.1) is 11.3 Å². The molecule has 0 saturated carbocycles.